The lowest BCUT2D eigenvalue weighted by Crippen LogP contribution is -2.21. The maximum Gasteiger partial charge on any atom is 0.262 e. The molecule has 8 heteroatoms. The summed E-state index contributed by atoms with van der Waals surface area (Å²) >= 11 is 3.43. The molecule has 0 bridgehead atoms. The van der Waals surface area contributed by atoms with Gasteiger partial charge in [-0.05, 0) is 86.8 Å². The van der Waals surface area contributed by atoms with E-state index in [0.717, 1.165) is 26.7 Å². The molecule has 0 aromatic heterocycles. The minimum Gasteiger partial charge on any atom is -0.483 e. The second-order valence-electron chi connectivity index (χ2n) is 7.65. The monoisotopic (exact) mass is 516 g/mol. The normalized spacial score (nSPS) is 11.2. The molecule has 0 fully saturated rings. The van der Waals surface area contributed by atoms with Crippen LogP contribution >= 0.6 is 15.9 Å². The van der Waals surface area contributed by atoms with Gasteiger partial charge in [-0.1, -0.05) is 33.6 Å². The van der Waals surface area contributed by atoms with Crippen molar-refractivity contribution in [1.29, 1.82) is 0 Å². The third-order valence-corrected chi connectivity index (χ3v) is 6.69. The molecule has 0 aliphatic heterocycles. The molecule has 3 rings (SSSR count). The van der Waals surface area contributed by atoms with Crippen molar-refractivity contribution < 1.29 is 17.9 Å². The van der Waals surface area contributed by atoms with Gasteiger partial charge in [-0.25, -0.2) is 8.42 Å². The van der Waals surface area contributed by atoms with Gasteiger partial charge in [0, 0.05) is 10.2 Å². The molecule has 6 nitrogen and oxygen atoms in total. The molecule has 0 radical (unpaired) electrons. The zero-order valence-electron chi connectivity index (χ0n) is 18.3. The van der Waals surface area contributed by atoms with E-state index >= 15 is 0 Å². The number of benzene rings is 3. The molecule has 0 atom stereocenters. The van der Waals surface area contributed by atoms with Crippen LogP contribution in [-0.2, 0) is 14.8 Å². The van der Waals surface area contributed by atoms with E-state index in [1.807, 2.05) is 52.0 Å². The lowest BCUT2D eigenvalue weighted by Gasteiger charge is -2.13. The zero-order chi connectivity index (χ0) is 23.5. The van der Waals surface area contributed by atoms with Gasteiger partial charge in [-0.3, -0.25) is 9.52 Å². The molecule has 0 spiro atoms. The first kappa shape index (κ1) is 23.8. The topological polar surface area (TPSA) is 84.5 Å². The summed E-state index contributed by atoms with van der Waals surface area (Å²) in [7, 11) is -3.74. The van der Waals surface area contributed by atoms with Crippen LogP contribution in [0.25, 0.3) is 0 Å². The average molecular weight is 517 g/mol. The van der Waals surface area contributed by atoms with Crippen LogP contribution in [-0.4, -0.2) is 20.9 Å². The Kier molecular flexibility index (Phi) is 7.26. The molecule has 0 unspecified atom stereocenters. The number of hydrogen-bond acceptors (Lipinski definition) is 4. The maximum atomic E-state index is 12.7. The lowest BCUT2D eigenvalue weighted by atomic mass is 10.1. The molecule has 3 aromatic carbocycles. The molecule has 0 saturated carbocycles. The number of rotatable bonds is 7. The van der Waals surface area contributed by atoms with Gasteiger partial charge < -0.3 is 10.1 Å². The van der Waals surface area contributed by atoms with Crippen LogP contribution in [0.2, 0.25) is 0 Å². The Balaban J connectivity index is 1.63. The fourth-order valence-electron chi connectivity index (χ4n) is 3.31. The number of carbonyl (C=O) groups excluding carboxylic acids is 1. The summed E-state index contributed by atoms with van der Waals surface area (Å²) in [6.07, 6.45) is 0. The van der Waals surface area contributed by atoms with Gasteiger partial charge in [-0.2, -0.15) is 0 Å². The van der Waals surface area contributed by atoms with E-state index in [9.17, 15) is 13.2 Å². The van der Waals surface area contributed by atoms with Gasteiger partial charge in [0.2, 0.25) is 0 Å². The fourth-order valence-corrected chi connectivity index (χ4v) is 5.13. The molecular formula is C24H25BrN2O4S. The van der Waals surface area contributed by atoms with Crippen LogP contribution in [0.3, 0.4) is 0 Å². The number of halogens is 1. The quantitative estimate of drug-likeness (QED) is 0.434. The summed E-state index contributed by atoms with van der Waals surface area (Å²) in [6.45, 7) is 7.47. The first-order valence-electron chi connectivity index (χ1n) is 9.95. The van der Waals surface area contributed by atoms with Crippen LogP contribution in [0, 0.1) is 27.7 Å². The summed E-state index contributed by atoms with van der Waals surface area (Å²) in [5.74, 6) is 0.331. The van der Waals surface area contributed by atoms with Crippen molar-refractivity contribution in [2.75, 3.05) is 16.6 Å². The van der Waals surface area contributed by atoms with Crippen LogP contribution in [0.4, 0.5) is 11.4 Å². The van der Waals surface area contributed by atoms with Gasteiger partial charge >= 0.3 is 0 Å². The second kappa shape index (κ2) is 9.75. The molecule has 1 amide bonds. The van der Waals surface area contributed by atoms with E-state index in [2.05, 4.69) is 26.0 Å². The number of carbonyl (C=O) groups is 1. The molecule has 3 aromatic rings. The van der Waals surface area contributed by atoms with Crippen molar-refractivity contribution in [3.05, 3.63) is 81.3 Å². The SMILES string of the molecule is Cc1ccc(NS(=O)(=O)c2ccc(NC(=O)COc3c(C)cc(Br)cc3C)cc2)c(C)c1. The minimum absolute atomic E-state index is 0.104. The van der Waals surface area contributed by atoms with Crippen molar-refractivity contribution in [3.63, 3.8) is 0 Å². The third-order valence-electron chi connectivity index (χ3n) is 4.85. The molecule has 2 N–H and O–H groups in total. The van der Waals surface area contributed by atoms with Crippen molar-refractivity contribution in [1.82, 2.24) is 0 Å². The van der Waals surface area contributed by atoms with Crippen LogP contribution < -0.4 is 14.8 Å². The Bertz CT molecular complexity index is 1230. The van der Waals surface area contributed by atoms with E-state index in [4.69, 9.17) is 4.74 Å². The molecule has 0 saturated heterocycles. The summed E-state index contributed by atoms with van der Waals surface area (Å²) in [5, 5.41) is 2.72. The molecular weight excluding hydrogens is 492 g/mol. The largest absolute Gasteiger partial charge is 0.483 e. The Morgan fingerprint density at radius 1 is 0.906 bits per heavy atom. The van der Waals surface area contributed by atoms with Crippen molar-refractivity contribution in [2.45, 2.75) is 32.6 Å². The zero-order valence-corrected chi connectivity index (χ0v) is 20.7. The molecule has 168 valence electrons. The first-order valence-corrected chi connectivity index (χ1v) is 12.2. The number of sulfonamides is 1. The number of amides is 1. The number of hydrogen-bond donors (Lipinski definition) is 2. The Labute approximate surface area is 197 Å². The second-order valence-corrected chi connectivity index (χ2v) is 10.3. The summed E-state index contributed by atoms with van der Waals surface area (Å²) < 4.78 is 34.6. The highest BCUT2D eigenvalue weighted by Crippen LogP contribution is 2.27. The molecule has 0 heterocycles. The van der Waals surface area contributed by atoms with Crippen molar-refractivity contribution >= 4 is 43.2 Å². The summed E-state index contributed by atoms with van der Waals surface area (Å²) in [4.78, 5) is 12.4. The first-order chi connectivity index (χ1) is 15.0. The predicted molar refractivity (Wildman–Crippen MR) is 131 cm³/mol. The standard InChI is InChI=1S/C24H25BrN2O4S/c1-15-5-10-22(16(2)11-15)27-32(29,30)21-8-6-20(7-9-21)26-23(28)14-31-24-17(3)12-19(25)13-18(24)4/h5-13,27H,14H2,1-4H3,(H,26,28). The van der Waals surface area contributed by atoms with E-state index in [-0.39, 0.29) is 17.4 Å². The minimum atomic E-state index is -3.74. The van der Waals surface area contributed by atoms with Crippen LogP contribution in [0.15, 0.2) is 64.0 Å². The van der Waals surface area contributed by atoms with Crippen LogP contribution in [0.1, 0.15) is 22.3 Å². The summed E-state index contributed by atoms with van der Waals surface area (Å²) in [5.41, 5.74) is 4.76. The van der Waals surface area contributed by atoms with E-state index in [0.29, 0.717) is 17.1 Å². The number of anilines is 2. The van der Waals surface area contributed by atoms with Gasteiger partial charge in [0.15, 0.2) is 6.61 Å². The number of aryl methyl sites for hydroxylation is 4. The summed E-state index contributed by atoms with van der Waals surface area (Å²) in [6, 6.07) is 15.3. The van der Waals surface area contributed by atoms with Gasteiger partial charge in [0.1, 0.15) is 5.75 Å². The van der Waals surface area contributed by atoms with Gasteiger partial charge in [-0.15, -0.1) is 0 Å². The van der Waals surface area contributed by atoms with E-state index < -0.39 is 10.0 Å². The number of nitrogens with one attached hydrogen (secondary N) is 2. The van der Waals surface area contributed by atoms with Crippen LogP contribution in [0.5, 0.6) is 5.75 Å². The number of ether oxygens (including phenoxy) is 1. The molecule has 0 aliphatic carbocycles. The van der Waals surface area contributed by atoms with Crippen molar-refractivity contribution in [2.24, 2.45) is 0 Å². The average Bonchev–Trinajstić information content (AvgIpc) is 2.69. The maximum absolute atomic E-state index is 12.7. The Morgan fingerprint density at radius 3 is 2.12 bits per heavy atom. The smallest absolute Gasteiger partial charge is 0.262 e. The third kappa shape index (κ3) is 5.89. The van der Waals surface area contributed by atoms with Gasteiger partial charge in [0.25, 0.3) is 15.9 Å². The van der Waals surface area contributed by atoms with Crippen molar-refractivity contribution in [3.8, 4) is 5.75 Å². The fraction of sp³-hybridized carbons (Fsp3) is 0.208. The highest BCUT2D eigenvalue weighted by Gasteiger charge is 2.16. The van der Waals surface area contributed by atoms with E-state index in [1.165, 1.54) is 12.1 Å². The Hall–Kier alpha value is -2.84. The lowest BCUT2D eigenvalue weighted by molar-refractivity contribution is -0.118. The molecule has 0 aliphatic rings. The highest BCUT2D eigenvalue weighted by atomic mass is 79.9. The Morgan fingerprint density at radius 2 is 1.53 bits per heavy atom. The van der Waals surface area contributed by atoms with E-state index in [1.54, 1.807) is 18.2 Å². The highest BCUT2D eigenvalue weighted by molar-refractivity contribution is 9.10. The molecule has 32 heavy (non-hydrogen) atoms. The van der Waals surface area contributed by atoms with Gasteiger partial charge in [0.05, 0.1) is 10.6 Å². The predicted octanol–water partition coefficient (Wildman–Crippen LogP) is 5.50.